The van der Waals surface area contributed by atoms with Crippen molar-refractivity contribution < 1.29 is 37.0 Å². The van der Waals surface area contributed by atoms with Crippen LogP contribution in [0.25, 0.3) is 6.08 Å². The van der Waals surface area contributed by atoms with Crippen molar-refractivity contribution in [2.75, 3.05) is 26.1 Å². The quantitative estimate of drug-likeness (QED) is 0.376. The fourth-order valence-electron chi connectivity index (χ4n) is 2.88. The minimum Gasteiger partial charge on any atom is -0.496 e. The van der Waals surface area contributed by atoms with Gasteiger partial charge in [0.2, 0.25) is 5.91 Å². The zero-order valence-electron chi connectivity index (χ0n) is 17.2. The molecule has 3 amide bonds. The van der Waals surface area contributed by atoms with E-state index in [4.69, 9.17) is 9.47 Å². The van der Waals surface area contributed by atoms with Crippen LogP contribution in [0.15, 0.2) is 41.3 Å². The summed E-state index contributed by atoms with van der Waals surface area (Å²) >= 11 is 2.73. The van der Waals surface area contributed by atoms with E-state index in [1.54, 1.807) is 18.2 Å². The standard InChI is InChI=1S/C21H16F3IN2O5S/c1-31-15-5-3-11(7-13(15)25)8-17-19(29)27(20(30)33-17)10-18(28)26-14-9-12(21(22,23)24)4-6-16(14)32-2/h3-9H,10H2,1-2H3,(H,26,28)/b17-8-. The first-order valence-corrected chi connectivity index (χ1v) is 11.1. The molecular weight excluding hydrogens is 576 g/mol. The largest absolute Gasteiger partial charge is 0.496 e. The second-order valence-corrected chi connectivity index (χ2v) is 8.78. The molecule has 1 saturated heterocycles. The van der Waals surface area contributed by atoms with Crippen LogP contribution in [0.5, 0.6) is 11.5 Å². The lowest BCUT2D eigenvalue weighted by molar-refractivity contribution is -0.137. The average molecular weight is 592 g/mol. The van der Waals surface area contributed by atoms with Crippen molar-refractivity contribution in [1.29, 1.82) is 0 Å². The number of ether oxygens (including phenoxy) is 2. The van der Waals surface area contributed by atoms with Gasteiger partial charge in [-0.1, -0.05) is 6.07 Å². The first-order valence-electron chi connectivity index (χ1n) is 9.17. The summed E-state index contributed by atoms with van der Waals surface area (Å²) in [6.07, 6.45) is -3.11. The first-order chi connectivity index (χ1) is 15.5. The molecule has 0 radical (unpaired) electrons. The van der Waals surface area contributed by atoms with E-state index in [9.17, 15) is 27.6 Å². The Morgan fingerprint density at radius 1 is 1.12 bits per heavy atom. The van der Waals surface area contributed by atoms with Crippen LogP contribution in [-0.4, -0.2) is 42.7 Å². The van der Waals surface area contributed by atoms with Crippen LogP contribution < -0.4 is 14.8 Å². The molecule has 0 atom stereocenters. The van der Waals surface area contributed by atoms with Gasteiger partial charge in [0.05, 0.1) is 33.9 Å². The van der Waals surface area contributed by atoms with Gasteiger partial charge < -0.3 is 14.8 Å². The number of imide groups is 1. The van der Waals surface area contributed by atoms with Gasteiger partial charge >= 0.3 is 6.18 Å². The van der Waals surface area contributed by atoms with Gasteiger partial charge in [0.25, 0.3) is 11.1 Å². The molecule has 2 aromatic carbocycles. The Kier molecular flexibility index (Phi) is 7.57. The topological polar surface area (TPSA) is 84.9 Å². The highest BCUT2D eigenvalue weighted by Crippen LogP contribution is 2.36. The number of hydrogen-bond acceptors (Lipinski definition) is 6. The van der Waals surface area contributed by atoms with Gasteiger partial charge in [0, 0.05) is 0 Å². The zero-order chi connectivity index (χ0) is 24.3. The molecule has 7 nitrogen and oxygen atoms in total. The highest BCUT2D eigenvalue weighted by atomic mass is 127. The molecule has 174 valence electrons. The van der Waals surface area contributed by atoms with Crippen molar-refractivity contribution >= 4 is 63.2 Å². The highest BCUT2D eigenvalue weighted by molar-refractivity contribution is 14.1. The molecule has 0 aliphatic carbocycles. The normalized spacial score (nSPS) is 15.2. The summed E-state index contributed by atoms with van der Waals surface area (Å²) < 4.78 is 49.9. The summed E-state index contributed by atoms with van der Waals surface area (Å²) in [4.78, 5) is 38.2. The molecule has 0 saturated carbocycles. The number of halogens is 4. The fourth-order valence-corrected chi connectivity index (χ4v) is 4.47. The molecule has 1 aliphatic heterocycles. The number of carbonyl (C=O) groups is 3. The Morgan fingerprint density at radius 2 is 1.79 bits per heavy atom. The average Bonchev–Trinajstić information content (AvgIpc) is 3.00. The molecule has 1 N–H and O–H groups in total. The van der Waals surface area contributed by atoms with Crippen molar-refractivity contribution in [2.45, 2.75) is 6.18 Å². The number of amides is 3. The van der Waals surface area contributed by atoms with Gasteiger partial charge in [-0.05, 0) is 76.3 Å². The number of benzene rings is 2. The highest BCUT2D eigenvalue weighted by Gasteiger charge is 2.37. The van der Waals surface area contributed by atoms with Gasteiger partial charge in [-0.3, -0.25) is 19.3 Å². The van der Waals surface area contributed by atoms with Crippen LogP contribution in [-0.2, 0) is 15.8 Å². The Morgan fingerprint density at radius 3 is 2.39 bits per heavy atom. The monoisotopic (exact) mass is 592 g/mol. The van der Waals surface area contributed by atoms with Gasteiger partial charge in [-0.15, -0.1) is 0 Å². The SMILES string of the molecule is COc1ccc(/C=C2\SC(=O)N(CC(=O)Nc3cc(C(F)(F)F)ccc3OC)C2=O)cc1I. The van der Waals surface area contributed by atoms with Crippen molar-refractivity contribution in [3.8, 4) is 11.5 Å². The minimum atomic E-state index is -4.62. The molecule has 33 heavy (non-hydrogen) atoms. The van der Waals surface area contributed by atoms with Crippen molar-refractivity contribution in [1.82, 2.24) is 4.90 Å². The molecule has 0 aromatic heterocycles. The third-order valence-electron chi connectivity index (χ3n) is 4.45. The summed E-state index contributed by atoms with van der Waals surface area (Å²) in [5.74, 6) is -0.876. The van der Waals surface area contributed by atoms with Gasteiger partial charge in [0.15, 0.2) is 0 Å². The zero-order valence-corrected chi connectivity index (χ0v) is 20.1. The maximum atomic E-state index is 13.0. The van der Waals surface area contributed by atoms with Crippen LogP contribution in [0.3, 0.4) is 0 Å². The third kappa shape index (κ3) is 5.79. The Bertz CT molecular complexity index is 1150. The lowest BCUT2D eigenvalue weighted by Crippen LogP contribution is -2.36. The van der Waals surface area contributed by atoms with E-state index in [1.807, 2.05) is 0 Å². The van der Waals surface area contributed by atoms with Crippen molar-refractivity contribution in [3.63, 3.8) is 0 Å². The first kappa shape index (κ1) is 24.9. The fraction of sp³-hybridized carbons (Fsp3) is 0.190. The third-order valence-corrected chi connectivity index (χ3v) is 6.20. The molecule has 12 heteroatoms. The summed E-state index contributed by atoms with van der Waals surface area (Å²) in [6, 6.07) is 7.79. The lowest BCUT2D eigenvalue weighted by Gasteiger charge is -2.16. The van der Waals surface area contributed by atoms with E-state index in [-0.39, 0.29) is 16.3 Å². The number of thioether (sulfide) groups is 1. The second-order valence-electron chi connectivity index (χ2n) is 6.62. The van der Waals surface area contributed by atoms with Gasteiger partial charge in [0.1, 0.15) is 18.0 Å². The number of carbonyl (C=O) groups excluding carboxylic acids is 3. The maximum absolute atomic E-state index is 13.0. The number of hydrogen-bond donors (Lipinski definition) is 1. The molecule has 0 spiro atoms. The van der Waals surface area contributed by atoms with Crippen LogP contribution >= 0.6 is 34.4 Å². The summed E-state index contributed by atoms with van der Waals surface area (Å²) in [7, 11) is 2.77. The molecule has 0 unspecified atom stereocenters. The number of rotatable bonds is 6. The summed E-state index contributed by atoms with van der Waals surface area (Å²) in [5, 5.41) is 1.61. The Balaban J connectivity index is 1.75. The summed E-state index contributed by atoms with van der Waals surface area (Å²) in [5.41, 5.74) is -0.557. The van der Waals surface area contributed by atoms with Gasteiger partial charge in [-0.25, -0.2) is 0 Å². The molecule has 3 rings (SSSR count). The second kappa shape index (κ2) is 10.0. The number of nitrogens with zero attached hydrogens (tertiary/aromatic N) is 1. The Labute approximate surface area is 204 Å². The molecule has 1 heterocycles. The number of alkyl halides is 3. The van der Waals surface area contributed by atoms with E-state index in [0.717, 1.165) is 26.7 Å². The van der Waals surface area contributed by atoms with Crippen molar-refractivity contribution in [2.24, 2.45) is 0 Å². The number of anilines is 1. The molecular formula is C21H16F3IN2O5S. The van der Waals surface area contributed by atoms with E-state index >= 15 is 0 Å². The van der Waals surface area contributed by atoms with Crippen LogP contribution in [0.2, 0.25) is 0 Å². The van der Waals surface area contributed by atoms with Crippen molar-refractivity contribution in [3.05, 3.63) is 56.0 Å². The Hall–Kier alpha value is -2.74. The molecule has 0 bridgehead atoms. The number of methoxy groups -OCH3 is 2. The van der Waals surface area contributed by atoms with Crippen LogP contribution in [0.1, 0.15) is 11.1 Å². The molecule has 2 aromatic rings. The van der Waals surface area contributed by atoms with E-state index in [0.29, 0.717) is 23.1 Å². The van der Waals surface area contributed by atoms with E-state index in [1.165, 1.54) is 20.3 Å². The lowest BCUT2D eigenvalue weighted by atomic mass is 10.1. The molecule has 1 fully saturated rings. The molecule has 1 aliphatic rings. The van der Waals surface area contributed by atoms with E-state index < -0.39 is 35.3 Å². The summed E-state index contributed by atoms with van der Waals surface area (Å²) in [6.45, 7) is -0.665. The minimum absolute atomic E-state index is 0.000469. The predicted molar refractivity (Wildman–Crippen MR) is 125 cm³/mol. The van der Waals surface area contributed by atoms with E-state index in [2.05, 4.69) is 27.9 Å². The van der Waals surface area contributed by atoms with Crippen LogP contribution in [0.4, 0.5) is 23.7 Å². The van der Waals surface area contributed by atoms with Crippen LogP contribution in [0, 0.1) is 3.57 Å². The van der Waals surface area contributed by atoms with Gasteiger partial charge in [-0.2, -0.15) is 13.2 Å². The predicted octanol–water partition coefficient (Wildman–Crippen LogP) is 5.00. The smallest absolute Gasteiger partial charge is 0.416 e. The number of nitrogens with one attached hydrogen (secondary N) is 1. The maximum Gasteiger partial charge on any atom is 0.416 e.